The number of methoxy groups -OCH3 is 1. The van der Waals surface area contributed by atoms with Crippen LogP contribution in [0.3, 0.4) is 0 Å². The maximum absolute atomic E-state index is 12.3. The molecule has 1 aromatic rings. The second-order valence-electron chi connectivity index (χ2n) is 6.37. The van der Waals surface area contributed by atoms with Crippen molar-refractivity contribution in [3.8, 4) is 11.5 Å². The van der Waals surface area contributed by atoms with Crippen LogP contribution in [0.5, 0.6) is 11.5 Å². The van der Waals surface area contributed by atoms with Gasteiger partial charge < -0.3 is 20.1 Å². The van der Waals surface area contributed by atoms with Gasteiger partial charge in [-0.05, 0) is 50.8 Å². The Labute approximate surface area is 138 Å². The van der Waals surface area contributed by atoms with Gasteiger partial charge >= 0.3 is 0 Å². The number of aryl methyl sites for hydroxylation is 1. The predicted octanol–water partition coefficient (Wildman–Crippen LogP) is 2.36. The second-order valence-corrected chi connectivity index (χ2v) is 6.37. The van der Waals surface area contributed by atoms with Crippen LogP contribution in [0.25, 0.3) is 0 Å². The van der Waals surface area contributed by atoms with E-state index in [0.29, 0.717) is 18.6 Å². The first-order valence-electron chi connectivity index (χ1n) is 8.36. The van der Waals surface area contributed by atoms with E-state index in [9.17, 15) is 4.79 Å². The Balaban J connectivity index is 1.91. The number of hydrogen-bond acceptors (Lipinski definition) is 4. The highest BCUT2D eigenvalue weighted by molar-refractivity contribution is 5.76. The van der Waals surface area contributed by atoms with Gasteiger partial charge in [0, 0.05) is 25.6 Å². The van der Waals surface area contributed by atoms with Gasteiger partial charge in [0.2, 0.25) is 5.91 Å². The van der Waals surface area contributed by atoms with Crippen LogP contribution in [0, 0.1) is 0 Å². The topological polar surface area (TPSA) is 64.8 Å². The molecule has 128 valence electrons. The lowest BCUT2D eigenvalue weighted by Crippen LogP contribution is -2.42. The van der Waals surface area contributed by atoms with Gasteiger partial charge in [-0.1, -0.05) is 6.07 Å². The number of carbonyl (C=O) groups excluding carboxylic acids is 1. The minimum atomic E-state index is 0.0989. The lowest BCUT2D eigenvalue weighted by atomic mass is 10.0. The van der Waals surface area contributed by atoms with Crippen LogP contribution < -0.4 is 15.2 Å². The quantitative estimate of drug-likeness (QED) is 0.874. The van der Waals surface area contributed by atoms with Gasteiger partial charge in [-0.3, -0.25) is 4.79 Å². The van der Waals surface area contributed by atoms with Crippen LogP contribution in [-0.2, 0) is 11.2 Å². The Morgan fingerprint density at radius 2 is 2.00 bits per heavy atom. The van der Waals surface area contributed by atoms with E-state index in [4.69, 9.17) is 15.2 Å². The SMILES string of the molecule is COc1cc(CCC(=O)N2CCC(N)CC2)ccc1OC(C)C. The fourth-order valence-corrected chi connectivity index (χ4v) is 2.78. The molecule has 1 aromatic carbocycles. The number of hydrogen-bond donors (Lipinski definition) is 1. The van der Waals surface area contributed by atoms with Crippen molar-refractivity contribution in [1.82, 2.24) is 4.90 Å². The minimum absolute atomic E-state index is 0.0989. The van der Waals surface area contributed by atoms with Gasteiger partial charge in [-0.15, -0.1) is 0 Å². The average Bonchev–Trinajstić information content (AvgIpc) is 2.53. The van der Waals surface area contributed by atoms with E-state index in [1.165, 1.54) is 0 Å². The molecule has 23 heavy (non-hydrogen) atoms. The lowest BCUT2D eigenvalue weighted by molar-refractivity contribution is -0.132. The average molecular weight is 320 g/mol. The van der Waals surface area contributed by atoms with Crippen LogP contribution in [-0.4, -0.2) is 43.2 Å². The molecular formula is C18H28N2O3. The van der Waals surface area contributed by atoms with Crippen molar-refractivity contribution in [2.75, 3.05) is 20.2 Å². The van der Waals surface area contributed by atoms with E-state index in [1.807, 2.05) is 36.9 Å². The van der Waals surface area contributed by atoms with E-state index in [-0.39, 0.29) is 18.1 Å². The molecule has 1 heterocycles. The zero-order valence-electron chi connectivity index (χ0n) is 14.4. The monoisotopic (exact) mass is 320 g/mol. The van der Waals surface area contributed by atoms with Gasteiger partial charge in [0.15, 0.2) is 11.5 Å². The highest BCUT2D eigenvalue weighted by atomic mass is 16.5. The third-order valence-corrected chi connectivity index (χ3v) is 4.11. The van der Waals surface area contributed by atoms with Gasteiger partial charge in [0.1, 0.15) is 0 Å². The Hall–Kier alpha value is -1.75. The van der Waals surface area contributed by atoms with Crippen LogP contribution in [0.15, 0.2) is 18.2 Å². The number of likely N-dealkylation sites (tertiary alicyclic amines) is 1. The van der Waals surface area contributed by atoms with E-state index >= 15 is 0 Å². The van der Waals surface area contributed by atoms with Crippen LogP contribution in [0.4, 0.5) is 0 Å². The molecule has 0 atom stereocenters. The van der Waals surface area contributed by atoms with Gasteiger partial charge in [0.25, 0.3) is 0 Å². The zero-order chi connectivity index (χ0) is 16.8. The largest absolute Gasteiger partial charge is 0.493 e. The smallest absolute Gasteiger partial charge is 0.222 e. The van der Waals surface area contributed by atoms with Crippen molar-refractivity contribution < 1.29 is 14.3 Å². The Morgan fingerprint density at radius 1 is 1.30 bits per heavy atom. The number of benzene rings is 1. The van der Waals surface area contributed by atoms with E-state index in [2.05, 4.69) is 0 Å². The number of carbonyl (C=O) groups is 1. The molecule has 1 aliphatic heterocycles. The molecule has 1 fully saturated rings. The summed E-state index contributed by atoms with van der Waals surface area (Å²) < 4.78 is 11.1. The summed E-state index contributed by atoms with van der Waals surface area (Å²) in [4.78, 5) is 14.2. The maximum atomic E-state index is 12.3. The molecule has 0 aliphatic carbocycles. The normalized spacial score (nSPS) is 15.8. The zero-order valence-corrected chi connectivity index (χ0v) is 14.4. The number of nitrogens with zero attached hydrogens (tertiary/aromatic N) is 1. The summed E-state index contributed by atoms with van der Waals surface area (Å²) in [6, 6.07) is 6.12. The summed E-state index contributed by atoms with van der Waals surface area (Å²) in [7, 11) is 1.63. The Morgan fingerprint density at radius 3 is 2.61 bits per heavy atom. The fourth-order valence-electron chi connectivity index (χ4n) is 2.78. The van der Waals surface area contributed by atoms with Crippen molar-refractivity contribution in [3.63, 3.8) is 0 Å². The van der Waals surface area contributed by atoms with Crippen LogP contribution in [0.1, 0.15) is 38.7 Å². The number of amides is 1. The minimum Gasteiger partial charge on any atom is -0.493 e. The van der Waals surface area contributed by atoms with Crippen LogP contribution >= 0.6 is 0 Å². The molecule has 0 unspecified atom stereocenters. The first kappa shape index (κ1) is 17.6. The molecule has 1 aliphatic rings. The molecular weight excluding hydrogens is 292 g/mol. The molecule has 0 bridgehead atoms. The van der Waals surface area contributed by atoms with Crippen LogP contribution in [0.2, 0.25) is 0 Å². The number of rotatable bonds is 6. The van der Waals surface area contributed by atoms with Crippen molar-refractivity contribution in [2.24, 2.45) is 5.73 Å². The molecule has 5 nitrogen and oxygen atoms in total. The number of ether oxygens (including phenoxy) is 2. The number of nitrogens with two attached hydrogens (primary N) is 1. The molecule has 0 radical (unpaired) electrons. The van der Waals surface area contributed by atoms with Crippen molar-refractivity contribution in [3.05, 3.63) is 23.8 Å². The summed E-state index contributed by atoms with van der Waals surface area (Å²) in [5, 5.41) is 0. The third-order valence-electron chi connectivity index (χ3n) is 4.11. The molecule has 2 rings (SSSR count). The molecule has 1 amide bonds. The highest BCUT2D eigenvalue weighted by Crippen LogP contribution is 2.29. The molecule has 2 N–H and O–H groups in total. The van der Waals surface area contributed by atoms with E-state index in [0.717, 1.165) is 37.2 Å². The summed E-state index contributed by atoms with van der Waals surface area (Å²) in [6.45, 7) is 5.53. The Bertz CT molecular complexity index is 523. The second kappa shape index (κ2) is 8.20. The molecule has 5 heteroatoms. The lowest BCUT2D eigenvalue weighted by Gasteiger charge is -2.30. The van der Waals surface area contributed by atoms with Crippen molar-refractivity contribution in [1.29, 1.82) is 0 Å². The maximum Gasteiger partial charge on any atom is 0.222 e. The summed E-state index contributed by atoms with van der Waals surface area (Å²) in [5.74, 6) is 1.66. The molecule has 1 saturated heterocycles. The standard InChI is InChI=1S/C18H28N2O3/c1-13(2)23-16-6-4-14(12-17(16)22-3)5-7-18(21)20-10-8-15(19)9-11-20/h4,6,12-13,15H,5,7-11,19H2,1-3H3. The van der Waals surface area contributed by atoms with Crippen molar-refractivity contribution >= 4 is 5.91 Å². The summed E-state index contributed by atoms with van der Waals surface area (Å²) in [6.07, 6.45) is 3.13. The third kappa shape index (κ3) is 5.13. The molecule has 0 aromatic heterocycles. The summed E-state index contributed by atoms with van der Waals surface area (Å²) in [5.41, 5.74) is 6.96. The Kier molecular flexibility index (Phi) is 6.28. The molecule has 0 spiro atoms. The van der Waals surface area contributed by atoms with Crippen molar-refractivity contribution in [2.45, 2.75) is 51.7 Å². The van der Waals surface area contributed by atoms with Gasteiger partial charge in [-0.2, -0.15) is 0 Å². The number of piperidine rings is 1. The van der Waals surface area contributed by atoms with Gasteiger partial charge in [-0.25, -0.2) is 0 Å². The highest BCUT2D eigenvalue weighted by Gasteiger charge is 2.20. The molecule has 0 saturated carbocycles. The van der Waals surface area contributed by atoms with Gasteiger partial charge in [0.05, 0.1) is 13.2 Å². The summed E-state index contributed by atoms with van der Waals surface area (Å²) >= 11 is 0. The predicted molar refractivity (Wildman–Crippen MR) is 90.9 cm³/mol. The fraction of sp³-hybridized carbons (Fsp3) is 0.611. The van der Waals surface area contributed by atoms with E-state index < -0.39 is 0 Å². The first-order chi connectivity index (χ1) is 11.0. The first-order valence-corrected chi connectivity index (χ1v) is 8.36. The van der Waals surface area contributed by atoms with E-state index in [1.54, 1.807) is 7.11 Å².